The Hall–Kier alpha value is -0.900. The summed E-state index contributed by atoms with van der Waals surface area (Å²) in [5, 5.41) is 21.1. The van der Waals surface area contributed by atoms with Gasteiger partial charge in [-0.15, -0.1) is 0 Å². The first-order chi connectivity index (χ1) is 13.8. The lowest BCUT2D eigenvalue weighted by atomic mass is 9.82. The Morgan fingerprint density at radius 1 is 1.27 bits per heavy atom. The van der Waals surface area contributed by atoms with Crippen molar-refractivity contribution >= 4 is 16.1 Å². The summed E-state index contributed by atoms with van der Waals surface area (Å²) in [4.78, 5) is 13.4. The lowest BCUT2D eigenvalue weighted by molar-refractivity contribution is -0.103. The maximum atomic E-state index is 12.9. The zero-order chi connectivity index (χ0) is 22.7. The molecule has 1 aliphatic carbocycles. The molecule has 1 saturated heterocycles. The lowest BCUT2D eigenvalue weighted by Crippen LogP contribution is -2.57. The Bertz CT molecular complexity index is 688. The predicted octanol–water partition coefficient (Wildman–Crippen LogP) is 3.30. The van der Waals surface area contributed by atoms with Crippen molar-refractivity contribution in [1.82, 2.24) is 9.62 Å². The molecule has 0 aromatic rings. The molecular formula is C21H40N2O6S. The van der Waals surface area contributed by atoms with E-state index in [0.717, 1.165) is 32.1 Å². The number of sulfonamides is 1. The van der Waals surface area contributed by atoms with Gasteiger partial charge in [0, 0.05) is 6.54 Å². The molecule has 0 aromatic heterocycles. The van der Waals surface area contributed by atoms with Crippen molar-refractivity contribution in [3.05, 3.63) is 0 Å². The molecule has 1 aliphatic heterocycles. The first-order valence-corrected chi connectivity index (χ1v) is 12.7. The second-order valence-corrected chi connectivity index (χ2v) is 12.1. The number of nitrogens with zero attached hydrogens (tertiary/aromatic N) is 1. The number of nitrogens with one attached hydrogen (secondary N) is 1. The first kappa shape index (κ1) is 25.4. The molecule has 0 bridgehead atoms. The zero-order valence-corrected chi connectivity index (χ0v) is 19.9. The van der Waals surface area contributed by atoms with Crippen molar-refractivity contribution in [1.29, 1.82) is 0 Å². The summed E-state index contributed by atoms with van der Waals surface area (Å²) >= 11 is 0. The van der Waals surface area contributed by atoms with E-state index >= 15 is 0 Å². The minimum Gasteiger partial charge on any atom is -0.465 e. The normalized spacial score (nSPS) is 26.7. The average Bonchev–Trinajstić information content (AvgIpc) is 2.92. The SMILES string of the molecule is CCCCNS(=O)(=O)C(C)(C)C(O)[C@@H]1OC(C)(C)N(C(=O)O)[C@H]1CC1CCCCC1. The van der Waals surface area contributed by atoms with Gasteiger partial charge in [0.25, 0.3) is 0 Å². The summed E-state index contributed by atoms with van der Waals surface area (Å²) < 4.78 is 33.0. The number of carbonyl (C=O) groups is 1. The maximum absolute atomic E-state index is 12.9. The van der Waals surface area contributed by atoms with Crippen LogP contribution in [0.1, 0.15) is 86.0 Å². The Labute approximate surface area is 181 Å². The number of aliphatic hydroxyl groups excluding tert-OH is 1. The third-order valence-corrected chi connectivity index (χ3v) is 8.97. The number of hydrogen-bond acceptors (Lipinski definition) is 5. The molecule has 1 amide bonds. The Morgan fingerprint density at radius 3 is 2.40 bits per heavy atom. The summed E-state index contributed by atoms with van der Waals surface area (Å²) in [5.74, 6) is 0.347. The number of aliphatic hydroxyl groups is 1. The van der Waals surface area contributed by atoms with Gasteiger partial charge in [0.1, 0.15) is 22.7 Å². The van der Waals surface area contributed by atoms with Gasteiger partial charge < -0.3 is 14.9 Å². The second kappa shape index (κ2) is 9.71. The molecule has 3 N–H and O–H groups in total. The van der Waals surface area contributed by atoms with E-state index in [2.05, 4.69) is 4.72 Å². The lowest BCUT2D eigenvalue weighted by Gasteiger charge is -2.37. The topological polar surface area (TPSA) is 116 Å². The molecular weight excluding hydrogens is 408 g/mol. The molecule has 0 aromatic carbocycles. The van der Waals surface area contributed by atoms with Gasteiger partial charge in [-0.3, -0.25) is 4.90 Å². The smallest absolute Gasteiger partial charge is 0.409 e. The maximum Gasteiger partial charge on any atom is 0.409 e. The molecule has 1 unspecified atom stereocenters. The zero-order valence-electron chi connectivity index (χ0n) is 19.1. The van der Waals surface area contributed by atoms with Crippen LogP contribution in [0.5, 0.6) is 0 Å². The van der Waals surface area contributed by atoms with Gasteiger partial charge in [0.2, 0.25) is 10.0 Å². The number of ether oxygens (including phenoxy) is 1. The highest BCUT2D eigenvalue weighted by molar-refractivity contribution is 7.90. The van der Waals surface area contributed by atoms with Gasteiger partial charge in [0.05, 0.1) is 6.04 Å². The number of amides is 1. The minimum absolute atomic E-state index is 0.304. The second-order valence-electron chi connectivity index (χ2n) is 9.79. The van der Waals surface area contributed by atoms with Gasteiger partial charge >= 0.3 is 6.09 Å². The summed E-state index contributed by atoms with van der Waals surface area (Å²) in [6, 6.07) is -0.597. The van der Waals surface area contributed by atoms with Gasteiger partial charge in [-0.2, -0.15) is 0 Å². The molecule has 2 fully saturated rings. The molecule has 176 valence electrons. The Balaban J connectivity index is 2.31. The predicted molar refractivity (Wildman–Crippen MR) is 116 cm³/mol. The fourth-order valence-corrected chi connectivity index (χ4v) is 6.03. The van der Waals surface area contributed by atoms with E-state index in [1.54, 1.807) is 13.8 Å². The summed E-state index contributed by atoms with van der Waals surface area (Å²) in [6.45, 7) is 8.54. The van der Waals surface area contributed by atoms with Gasteiger partial charge in [-0.05, 0) is 46.5 Å². The van der Waals surface area contributed by atoms with Crippen LogP contribution in [0.2, 0.25) is 0 Å². The highest BCUT2D eigenvalue weighted by Gasteiger charge is 2.57. The minimum atomic E-state index is -3.85. The molecule has 1 saturated carbocycles. The van der Waals surface area contributed by atoms with Crippen LogP contribution in [0.4, 0.5) is 4.79 Å². The van der Waals surface area contributed by atoms with E-state index < -0.39 is 44.8 Å². The molecule has 30 heavy (non-hydrogen) atoms. The molecule has 8 nitrogen and oxygen atoms in total. The van der Waals surface area contributed by atoms with E-state index in [9.17, 15) is 23.4 Å². The fourth-order valence-electron chi connectivity index (χ4n) is 4.79. The quantitative estimate of drug-likeness (QED) is 0.466. The van der Waals surface area contributed by atoms with Gasteiger partial charge in [-0.1, -0.05) is 45.4 Å². The van der Waals surface area contributed by atoms with E-state index in [0.29, 0.717) is 25.3 Å². The van der Waals surface area contributed by atoms with Crippen LogP contribution in [-0.2, 0) is 14.8 Å². The third kappa shape index (κ3) is 5.29. The van der Waals surface area contributed by atoms with E-state index in [1.807, 2.05) is 6.92 Å². The molecule has 0 spiro atoms. The molecule has 3 atom stereocenters. The highest BCUT2D eigenvalue weighted by atomic mass is 32.2. The summed E-state index contributed by atoms with van der Waals surface area (Å²) in [6.07, 6.45) is 4.16. The number of carboxylic acid groups (broad SMARTS) is 1. The largest absolute Gasteiger partial charge is 0.465 e. The summed E-state index contributed by atoms with van der Waals surface area (Å²) in [5.41, 5.74) is -1.15. The van der Waals surface area contributed by atoms with Crippen molar-refractivity contribution in [2.75, 3.05) is 6.54 Å². The van der Waals surface area contributed by atoms with Crippen molar-refractivity contribution < 1.29 is 28.2 Å². The Morgan fingerprint density at radius 2 is 1.87 bits per heavy atom. The molecule has 2 aliphatic rings. The standard InChI is InChI=1S/C21H40N2O6S/c1-6-7-13-22-30(27,28)20(2,3)18(24)17-16(14-15-11-9-8-10-12-15)23(19(25)26)21(4,5)29-17/h15-18,22,24H,6-14H2,1-5H3,(H,25,26)/t16-,17+,18?/m0/s1. The monoisotopic (exact) mass is 448 g/mol. The fraction of sp³-hybridized carbons (Fsp3) is 0.952. The van der Waals surface area contributed by atoms with E-state index in [4.69, 9.17) is 4.74 Å². The van der Waals surface area contributed by atoms with Gasteiger partial charge in [0.15, 0.2) is 0 Å². The number of unbranched alkanes of at least 4 members (excludes halogenated alkanes) is 1. The van der Waals surface area contributed by atoms with Gasteiger partial charge in [-0.25, -0.2) is 17.9 Å². The van der Waals surface area contributed by atoms with E-state index in [1.165, 1.54) is 25.2 Å². The van der Waals surface area contributed by atoms with Crippen LogP contribution < -0.4 is 4.72 Å². The first-order valence-electron chi connectivity index (χ1n) is 11.2. The molecule has 2 rings (SSSR count). The molecule has 9 heteroatoms. The average molecular weight is 449 g/mol. The summed E-state index contributed by atoms with van der Waals surface area (Å²) in [7, 11) is -3.85. The van der Waals surface area contributed by atoms with Crippen molar-refractivity contribution in [3.8, 4) is 0 Å². The van der Waals surface area contributed by atoms with Crippen molar-refractivity contribution in [2.45, 2.75) is 115 Å². The van der Waals surface area contributed by atoms with Crippen LogP contribution in [-0.4, -0.2) is 64.9 Å². The number of hydrogen-bond donors (Lipinski definition) is 3. The van der Waals surface area contributed by atoms with E-state index in [-0.39, 0.29) is 0 Å². The molecule has 0 radical (unpaired) electrons. The van der Waals surface area contributed by atoms with Crippen LogP contribution >= 0.6 is 0 Å². The van der Waals surface area contributed by atoms with Crippen LogP contribution in [0.15, 0.2) is 0 Å². The third-order valence-electron chi connectivity index (χ3n) is 6.76. The molecule has 1 heterocycles. The van der Waals surface area contributed by atoms with Crippen molar-refractivity contribution in [2.24, 2.45) is 5.92 Å². The Kier molecular flexibility index (Phi) is 8.21. The van der Waals surface area contributed by atoms with Crippen LogP contribution in [0.3, 0.4) is 0 Å². The highest BCUT2D eigenvalue weighted by Crippen LogP contribution is 2.41. The van der Waals surface area contributed by atoms with Crippen molar-refractivity contribution in [3.63, 3.8) is 0 Å². The van der Waals surface area contributed by atoms with Crippen LogP contribution in [0, 0.1) is 5.92 Å². The number of rotatable bonds is 9. The van der Waals surface area contributed by atoms with Crippen LogP contribution in [0.25, 0.3) is 0 Å².